The van der Waals surface area contributed by atoms with Crippen molar-refractivity contribution in [2.75, 3.05) is 11.9 Å². The molecule has 3 nitrogen and oxygen atoms in total. The normalized spacial score (nSPS) is 19.8. The Morgan fingerprint density at radius 1 is 1.56 bits per heavy atom. The number of para-hydroxylation sites is 1. The third kappa shape index (κ3) is 2.41. The Hall–Kier alpha value is -0.940. The number of benzene rings is 1. The highest BCUT2D eigenvalue weighted by atomic mass is 79.9. The quantitative estimate of drug-likeness (QED) is 0.876. The predicted octanol–water partition coefficient (Wildman–Crippen LogP) is 2.28. The number of nitrogens with one attached hydrogen (secondary N) is 2. The monoisotopic (exact) mass is 286 g/mol. The molecule has 0 saturated carbocycles. The third-order valence-corrected chi connectivity index (χ3v) is 3.25. The molecule has 16 heavy (non-hydrogen) atoms. The van der Waals surface area contributed by atoms with Crippen molar-refractivity contribution < 1.29 is 9.18 Å². The van der Waals surface area contributed by atoms with E-state index >= 15 is 0 Å². The van der Waals surface area contributed by atoms with Crippen LogP contribution in [0, 0.1) is 5.82 Å². The molecule has 1 heterocycles. The maximum Gasteiger partial charge on any atom is 0.241 e. The summed E-state index contributed by atoms with van der Waals surface area (Å²) in [4.78, 5) is 11.8. The zero-order chi connectivity index (χ0) is 11.5. The SMILES string of the molecule is O=C(Nc1c(F)cccc1Br)C1CCCN1. The molecule has 1 aliphatic heterocycles. The lowest BCUT2D eigenvalue weighted by atomic mass is 10.2. The first kappa shape index (κ1) is 11.5. The number of rotatable bonds is 2. The van der Waals surface area contributed by atoms with Gasteiger partial charge in [-0.05, 0) is 47.4 Å². The summed E-state index contributed by atoms with van der Waals surface area (Å²) in [5, 5.41) is 5.66. The Morgan fingerprint density at radius 3 is 3.00 bits per heavy atom. The Kier molecular flexibility index (Phi) is 3.56. The van der Waals surface area contributed by atoms with Gasteiger partial charge < -0.3 is 10.6 Å². The second kappa shape index (κ2) is 4.93. The van der Waals surface area contributed by atoms with Crippen molar-refractivity contribution in [1.82, 2.24) is 5.32 Å². The summed E-state index contributed by atoms with van der Waals surface area (Å²) in [6.45, 7) is 0.844. The molecule has 0 spiro atoms. The fourth-order valence-corrected chi connectivity index (χ4v) is 2.18. The van der Waals surface area contributed by atoms with Crippen molar-refractivity contribution in [2.45, 2.75) is 18.9 Å². The van der Waals surface area contributed by atoms with Crippen molar-refractivity contribution in [2.24, 2.45) is 0 Å². The maximum atomic E-state index is 13.4. The van der Waals surface area contributed by atoms with Gasteiger partial charge in [0.25, 0.3) is 0 Å². The van der Waals surface area contributed by atoms with Gasteiger partial charge >= 0.3 is 0 Å². The number of hydrogen-bond donors (Lipinski definition) is 2. The van der Waals surface area contributed by atoms with Crippen molar-refractivity contribution in [3.8, 4) is 0 Å². The lowest BCUT2D eigenvalue weighted by Gasteiger charge is -2.12. The molecule has 0 bridgehead atoms. The first-order valence-corrected chi connectivity index (χ1v) is 5.96. The first-order chi connectivity index (χ1) is 7.68. The standard InChI is InChI=1S/C11H12BrFN2O/c12-7-3-1-4-8(13)10(7)15-11(16)9-5-2-6-14-9/h1,3-4,9,14H,2,5-6H2,(H,15,16). The summed E-state index contributed by atoms with van der Waals surface area (Å²) in [6, 6.07) is 4.40. The molecule has 1 aromatic carbocycles. The Balaban J connectivity index is 2.11. The van der Waals surface area contributed by atoms with E-state index in [0.29, 0.717) is 4.47 Å². The summed E-state index contributed by atoms with van der Waals surface area (Å²) in [7, 11) is 0. The van der Waals surface area contributed by atoms with E-state index in [2.05, 4.69) is 26.6 Å². The van der Waals surface area contributed by atoms with Crippen molar-refractivity contribution in [1.29, 1.82) is 0 Å². The van der Waals surface area contributed by atoms with Crippen molar-refractivity contribution in [3.05, 3.63) is 28.5 Å². The van der Waals surface area contributed by atoms with Crippen LogP contribution in [0.5, 0.6) is 0 Å². The lowest BCUT2D eigenvalue weighted by molar-refractivity contribution is -0.117. The minimum atomic E-state index is -0.430. The number of anilines is 1. The van der Waals surface area contributed by atoms with Gasteiger partial charge in [-0.25, -0.2) is 4.39 Å². The summed E-state index contributed by atoms with van der Waals surface area (Å²) < 4.78 is 14.0. The van der Waals surface area contributed by atoms with Crippen LogP contribution in [0.4, 0.5) is 10.1 Å². The largest absolute Gasteiger partial charge is 0.321 e. The van der Waals surface area contributed by atoms with Crippen LogP contribution in [0.25, 0.3) is 0 Å². The molecule has 5 heteroatoms. The minimum absolute atomic E-state index is 0.177. The van der Waals surface area contributed by atoms with Crippen LogP contribution in [0.15, 0.2) is 22.7 Å². The van der Waals surface area contributed by atoms with E-state index in [4.69, 9.17) is 0 Å². The zero-order valence-electron chi connectivity index (χ0n) is 8.59. The van der Waals surface area contributed by atoms with Gasteiger partial charge in [0.2, 0.25) is 5.91 Å². The number of carbonyl (C=O) groups excluding carboxylic acids is 1. The Morgan fingerprint density at radius 2 is 2.38 bits per heavy atom. The number of amides is 1. The summed E-state index contributed by atoms with van der Waals surface area (Å²) in [5.41, 5.74) is 0.209. The number of carbonyl (C=O) groups is 1. The van der Waals surface area contributed by atoms with Crippen molar-refractivity contribution >= 4 is 27.5 Å². The highest BCUT2D eigenvalue weighted by Gasteiger charge is 2.23. The molecule has 1 saturated heterocycles. The molecular weight excluding hydrogens is 275 g/mol. The molecule has 1 aromatic rings. The van der Waals surface area contributed by atoms with E-state index in [0.717, 1.165) is 19.4 Å². The van der Waals surface area contributed by atoms with Gasteiger partial charge in [-0.2, -0.15) is 0 Å². The average Bonchev–Trinajstić information content (AvgIpc) is 2.76. The summed E-state index contributed by atoms with van der Waals surface area (Å²) in [6.07, 6.45) is 1.79. The first-order valence-electron chi connectivity index (χ1n) is 5.17. The van der Waals surface area contributed by atoms with Crippen LogP contribution >= 0.6 is 15.9 Å². The molecule has 0 radical (unpaired) electrons. The van der Waals surface area contributed by atoms with Gasteiger partial charge in [-0.15, -0.1) is 0 Å². The molecule has 1 atom stereocenters. The second-order valence-electron chi connectivity index (χ2n) is 3.73. The molecule has 0 aromatic heterocycles. The molecule has 2 N–H and O–H groups in total. The predicted molar refractivity (Wildman–Crippen MR) is 63.8 cm³/mol. The van der Waals surface area contributed by atoms with E-state index in [1.54, 1.807) is 12.1 Å². The van der Waals surface area contributed by atoms with Crippen LogP contribution in [0.3, 0.4) is 0 Å². The minimum Gasteiger partial charge on any atom is -0.321 e. The van der Waals surface area contributed by atoms with E-state index in [-0.39, 0.29) is 17.6 Å². The summed E-state index contributed by atoms with van der Waals surface area (Å²) in [5.74, 6) is -0.607. The number of hydrogen-bond acceptors (Lipinski definition) is 2. The van der Waals surface area contributed by atoms with Gasteiger partial charge in [0.05, 0.1) is 11.7 Å². The molecular formula is C11H12BrFN2O. The zero-order valence-corrected chi connectivity index (χ0v) is 10.2. The number of halogens is 2. The Labute approximate surface area is 102 Å². The van der Waals surface area contributed by atoms with Gasteiger partial charge in [0.1, 0.15) is 5.82 Å². The van der Waals surface area contributed by atoms with Gasteiger partial charge in [0, 0.05) is 4.47 Å². The highest BCUT2D eigenvalue weighted by Crippen LogP contribution is 2.25. The van der Waals surface area contributed by atoms with Crippen molar-refractivity contribution in [3.63, 3.8) is 0 Å². The van der Waals surface area contributed by atoms with Crippen LogP contribution in [-0.2, 0) is 4.79 Å². The fourth-order valence-electron chi connectivity index (χ4n) is 1.74. The van der Waals surface area contributed by atoms with E-state index in [9.17, 15) is 9.18 Å². The fraction of sp³-hybridized carbons (Fsp3) is 0.364. The lowest BCUT2D eigenvalue weighted by Crippen LogP contribution is -2.35. The van der Waals surface area contributed by atoms with Gasteiger partial charge in [-0.1, -0.05) is 6.07 Å². The molecule has 0 aliphatic carbocycles. The van der Waals surface area contributed by atoms with E-state index < -0.39 is 5.82 Å². The van der Waals surface area contributed by atoms with Gasteiger partial charge in [-0.3, -0.25) is 4.79 Å². The average molecular weight is 287 g/mol. The van der Waals surface area contributed by atoms with Crippen LogP contribution in [0.2, 0.25) is 0 Å². The highest BCUT2D eigenvalue weighted by molar-refractivity contribution is 9.10. The maximum absolute atomic E-state index is 13.4. The van der Waals surface area contributed by atoms with E-state index in [1.807, 2.05) is 0 Å². The second-order valence-corrected chi connectivity index (χ2v) is 4.59. The molecule has 2 rings (SSSR count). The molecule has 1 aliphatic rings. The summed E-state index contributed by atoms with van der Waals surface area (Å²) >= 11 is 3.21. The van der Waals surface area contributed by atoms with Crippen LogP contribution in [0.1, 0.15) is 12.8 Å². The molecule has 86 valence electrons. The molecule has 1 fully saturated rings. The van der Waals surface area contributed by atoms with Crippen LogP contribution < -0.4 is 10.6 Å². The van der Waals surface area contributed by atoms with Crippen LogP contribution in [-0.4, -0.2) is 18.5 Å². The topological polar surface area (TPSA) is 41.1 Å². The van der Waals surface area contributed by atoms with E-state index in [1.165, 1.54) is 6.07 Å². The Bertz CT molecular complexity index is 385. The molecule has 1 unspecified atom stereocenters. The third-order valence-electron chi connectivity index (χ3n) is 2.59. The van der Waals surface area contributed by atoms with Gasteiger partial charge in [0.15, 0.2) is 0 Å². The molecule has 1 amide bonds. The smallest absolute Gasteiger partial charge is 0.241 e.